The van der Waals surface area contributed by atoms with Gasteiger partial charge >= 0.3 is 0 Å². The van der Waals surface area contributed by atoms with Crippen molar-refractivity contribution in [2.75, 3.05) is 13.2 Å². The molecule has 0 fully saturated rings. The van der Waals surface area contributed by atoms with Crippen LogP contribution in [0.5, 0.6) is 5.75 Å². The maximum Gasteiger partial charge on any atom is 0.242 e. The molecule has 3 N–H and O–H groups in total. The van der Waals surface area contributed by atoms with Gasteiger partial charge in [-0.25, -0.2) is 0 Å². The van der Waals surface area contributed by atoms with Crippen molar-refractivity contribution in [3.63, 3.8) is 0 Å². The highest BCUT2D eigenvalue weighted by atomic mass is 16.5. The summed E-state index contributed by atoms with van der Waals surface area (Å²) in [5.41, 5.74) is 1.95. The molecule has 3 rings (SSSR count). The molecule has 0 heterocycles. The summed E-state index contributed by atoms with van der Waals surface area (Å²) in [6.07, 6.45) is -0.676. The molecule has 33 heavy (non-hydrogen) atoms. The lowest BCUT2D eigenvalue weighted by atomic mass is 10.0. The molecule has 0 saturated heterocycles. The van der Waals surface area contributed by atoms with Gasteiger partial charge in [-0.1, -0.05) is 68.4 Å². The van der Waals surface area contributed by atoms with E-state index in [0.29, 0.717) is 5.75 Å². The van der Waals surface area contributed by atoms with Gasteiger partial charge in [0.05, 0.1) is 6.42 Å². The van der Waals surface area contributed by atoms with Crippen molar-refractivity contribution in [2.24, 2.45) is 5.92 Å². The first-order valence-corrected chi connectivity index (χ1v) is 11.2. The van der Waals surface area contributed by atoms with Gasteiger partial charge in [0, 0.05) is 6.54 Å². The van der Waals surface area contributed by atoms with Gasteiger partial charge in [0.1, 0.15) is 24.5 Å². The number of aryl methyl sites for hydroxylation is 1. The van der Waals surface area contributed by atoms with E-state index < -0.39 is 12.1 Å². The normalized spacial score (nSPS) is 12.9. The Labute approximate surface area is 195 Å². The molecule has 3 aromatic rings. The molecule has 0 aliphatic carbocycles. The Bertz CT molecular complexity index is 1100. The Kier molecular flexibility index (Phi) is 8.44. The maximum absolute atomic E-state index is 12.7. The summed E-state index contributed by atoms with van der Waals surface area (Å²) in [6.45, 7) is 5.80. The molecule has 2 amide bonds. The molecule has 6 heteroatoms. The van der Waals surface area contributed by atoms with E-state index in [0.717, 1.165) is 21.9 Å². The third-order valence-corrected chi connectivity index (χ3v) is 5.39. The molecule has 3 aromatic carbocycles. The van der Waals surface area contributed by atoms with Crippen LogP contribution in [-0.2, 0) is 16.0 Å². The van der Waals surface area contributed by atoms with Crippen LogP contribution in [0, 0.1) is 12.8 Å². The third kappa shape index (κ3) is 7.32. The van der Waals surface area contributed by atoms with Crippen molar-refractivity contribution in [1.82, 2.24) is 10.6 Å². The van der Waals surface area contributed by atoms with Gasteiger partial charge in [-0.3, -0.25) is 9.59 Å². The minimum absolute atomic E-state index is 0.0361. The van der Waals surface area contributed by atoms with Crippen LogP contribution in [0.25, 0.3) is 10.8 Å². The second-order valence-corrected chi connectivity index (χ2v) is 8.67. The number of nitrogens with one attached hydrogen (secondary N) is 2. The van der Waals surface area contributed by atoms with E-state index in [1.54, 1.807) is 0 Å². The van der Waals surface area contributed by atoms with Gasteiger partial charge in [-0.15, -0.1) is 0 Å². The van der Waals surface area contributed by atoms with Crippen LogP contribution in [0.4, 0.5) is 0 Å². The summed E-state index contributed by atoms with van der Waals surface area (Å²) in [5.74, 6) is 0.0153. The summed E-state index contributed by atoms with van der Waals surface area (Å²) in [4.78, 5) is 25.3. The number of aliphatic hydroxyl groups excluding tert-OH is 1. The quantitative estimate of drug-likeness (QED) is 0.444. The molecule has 0 bridgehead atoms. The van der Waals surface area contributed by atoms with Crippen LogP contribution in [0.3, 0.4) is 0 Å². The Morgan fingerprint density at radius 3 is 2.45 bits per heavy atom. The molecule has 174 valence electrons. The largest absolute Gasteiger partial charge is 0.491 e. The predicted octanol–water partition coefficient (Wildman–Crippen LogP) is 3.39. The molecule has 0 spiro atoms. The van der Waals surface area contributed by atoms with E-state index in [1.807, 2.05) is 87.5 Å². The molecule has 2 unspecified atom stereocenters. The van der Waals surface area contributed by atoms with Crippen LogP contribution >= 0.6 is 0 Å². The van der Waals surface area contributed by atoms with Gasteiger partial charge in [0.2, 0.25) is 11.8 Å². The van der Waals surface area contributed by atoms with Crippen LogP contribution < -0.4 is 15.4 Å². The molecule has 0 aliphatic heterocycles. The van der Waals surface area contributed by atoms with Crippen molar-refractivity contribution in [2.45, 2.75) is 39.3 Å². The Balaban J connectivity index is 1.49. The topological polar surface area (TPSA) is 87.7 Å². The van der Waals surface area contributed by atoms with E-state index >= 15 is 0 Å². The van der Waals surface area contributed by atoms with Crippen molar-refractivity contribution >= 4 is 22.6 Å². The fourth-order valence-electron chi connectivity index (χ4n) is 3.58. The van der Waals surface area contributed by atoms with E-state index in [9.17, 15) is 14.7 Å². The zero-order valence-electron chi connectivity index (χ0n) is 19.4. The summed E-state index contributed by atoms with van der Waals surface area (Å²) in [5, 5.41) is 17.9. The lowest BCUT2D eigenvalue weighted by molar-refractivity contribution is -0.130. The maximum atomic E-state index is 12.7. The Hall–Kier alpha value is -3.38. The molecular formula is C27H32N2O4. The number of aliphatic hydroxyl groups is 1. The van der Waals surface area contributed by atoms with Crippen LogP contribution in [0.15, 0.2) is 66.7 Å². The first kappa shape index (κ1) is 24.3. The number of benzene rings is 3. The van der Waals surface area contributed by atoms with Crippen molar-refractivity contribution < 1.29 is 19.4 Å². The van der Waals surface area contributed by atoms with Gasteiger partial charge < -0.3 is 20.5 Å². The van der Waals surface area contributed by atoms with Crippen molar-refractivity contribution in [1.29, 1.82) is 0 Å². The van der Waals surface area contributed by atoms with Gasteiger partial charge in [0.25, 0.3) is 0 Å². The molecule has 0 aromatic heterocycles. The lowest BCUT2D eigenvalue weighted by Gasteiger charge is -2.23. The first-order valence-electron chi connectivity index (χ1n) is 11.2. The Morgan fingerprint density at radius 1 is 0.970 bits per heavy atom. The number of fused-ring (bicyclic) bond motifs is 1. The van der Waals surface area contributed by atoms with Crippen molar-refractivity contribution in [3.05, 3.63) is 77.9 Å². The molecule has 0 saturated carbocycles. The number of amides is 2. The molecular weight excluding hydrogens is 416 g/mol. The fraction of sp³-hybridized carbons (Fsp3) is 0.333. The molecule has 6 nitrogen and oxygen atoms in total. The Morgan fingerprint density at radius 2 is 1.73 bits per heavy atom. The summed E-state index contributed by atoms with van der Waals surface area (Å²) >= 11 is 0. The molecule has 0 radical (unpaired) electrons. The zero-order chi connectivity index (χ0) is 23.8. The van der Waals surface area contributed by atoms with Gasteiger partial charge in [-0.2, -0.15) is 0 Å². The minimum atomic E-state index is -0.865. The van der Waals surface area contributed by atoms with E-state index in [2.05, 4.69) is 10.6 Å². The average Bonchev–Trinajstić information content (AvgIpc) is 2.79. The van der Waals surface area contributed by atoms with Crippen LogP contribution in [0.1, 0.15) is 25.0 Å². The summed E-state index contributed by atoms with van der Waals surface area (Å²) in [6, 6.07) is 20.7. The summed E-state index contributed by atoms with van der Waals surface area (Å²) in [7, 11) is 0. The first-order chi connectivity index (χ1) is 15.8. The highest BCUT2D eigenvalue weighted by Gasteiger charge is 2.24. The number of rotatable bonds is 10. The SMILES string of the molecule is Cc1cccc(OCC(O)CNC(=O)C(NC(=O)Cc2ccc3ccccc3c2)C(C)C)c1. The number of carbonyl (C=O) groups is 2. The smallest absolute Gasteiger partial charge is 0.242 e. The van der Waals surface area contributed by atoms with Crippen molar-refractivity contribution in [3.8, 4) is 5.75 Å². The number of ether oxygens (including phenoxy) is 1. The van der Waals surface area contributed by atoms with Crippen LogP contribution in [0.2, 0.25) is 0 Å². The third-order valence-electron chi connectivity index (χ3n) is 5.39. The lowest BCUT2D eigenvalue weighted by Crippen LogP contribution is -2.51. The molecule has 2 atom stereocenters. The zero-order valence-corrected chi connectivity index (χ0v) is 19.4. The standard InChI is InChI=1S/C27H32N2O4/c1-18(2)26(27(32)28-16-23(30)17-33-24-10-6-7-19(3)13-24)29-25(31)15-20-11-12-21-8-4-5-9-22(21)14-20/h4-14,18,23,26,30H,15-17H2,1-3H3,(H,28,32)(H,29,31). The van der Waals surface area contributed by atoms with E-state index in [4.69, 9.17) is 4.74 Å². The fourth-order valence-corrected chi connectivity index (χ4v) is 3.58. The second-order valence-electron chi connectivity index (χ2n) is 8.67. The van der Waals surface area contributed by atoms with Gasteiger partial charge in [-0.05, 0) is 46.9 Å². The average molecular weight is 449 g/mol. The predicted molar refractivity (Wildman–Crippen MR) is 130 cm³/mol. The molecule has 0 aliphatic rings. The minimum Gasteiger partial charge on any atom is -0.491 e. The number of carbonyl (C=O) groups excluding carboxylic acids is 2. The van der Waals surface area contributed by atoms with Gasteiger partial charge in [0.15, 0.2) is 0 Å². The van der Waals surface area contributed by atoms with E-state index in [-0.39, 0.29) is 37.3 Å². The number of hydrogen-bond acceptors (Lipinski definition) is 4. The highest BCUT2D eigenvalue weighted by molar-refractivity contribution is 5.89. The monoisotopic (exact) mass is 448 g/mol. The van der Waals surface area contributed by atoms with E-state index in [1.165, 1.54) is 0 Å². The highest BCUT2D eigenvalue weighted by Crippen LogP contribution is 2.16. The summed E-state index contributed by atoms with van der Waals surface area (Å²) < 4.78 is 5.58. The number of hydrogen-bond donors (Lipinski definition) is 3. The second kappa shape index (κ2) is 11.5. The van der Waals surface area contributed by atoms with Crippen LogP contribution in [-0.4, -0.2) is 42.2 Å².